The van der Waals surface area contributed by atoms with Gasteiger partial charge in [0.2, 0.25) is 5.91 Å². The van der Waals surface area contributed by atoms with Crippen LogP contribution < -0.4 is 10.1 Å². The number of carbonyl (C=O) groups is 3. The molecule has 4 aromatic rings. The molecule has 0 unspecified atom stereocenters. The molecule has 1 N–H and O–H groups in total. The molecule has 1 aromatic heterocycles. The lowest BCUT2D eigenvalue weighted by molar-refractivity contribution is -0.113. The van der Waals surface area contributed by atoms with Gasteiger partial charge in [0.05, 0.1) is 25.0 Å². The minimum absolute atomic E-state index is 0.0286. The van der Waals surface area contributed by atoms with Gasteiger partial charge in [-0.3, -0.25) is 14.2 Å². The number of nitrogens with zero attached hydrogens (tertiary/aromatic N) is 3. The van der Waals surface area contributed by atoms with E-state index in [0.717, 1.165) is 23.4 Å². The molecule has 0 saturated heterocycles. The first-order valence-corrected chi connectivity index (χ1v) is 13.3. The summed E-state index contributed by atoms with van der Waals surface area (Å²) in [5, 5.41) is 12.1. The standard InChI is InChI=1S/C29H28N4O5S/c1-4-17-38-25-15-9-21(10-16-25)27-31-32-29(33(27)24-13-7-20(8-14-24)19(2)34)39-18-26(35)30-23-11-5-22(6-12-23)28(36)37-3/h5-16H,4,17-18H2,1-3H3,(H,30,35). The van der Waals surface area contributed by atoms with E-state index in [0.29, 0.717) is 34.4 Å². The van der Waals surface area contributed by atoms with Crippen LogP contribution in [-0.4, -0.2) is 51.9 Å². The molecule has 0 bridgehead atoms. The number of thioether (sulfide) groups is 1. The van der Waals surface area contributed by atoms with Crippen molar-refractivity contribution in [3.8, 4) is 22.8 Å². The first kappa shape index (κ1) is 27.6. The smallest absolute Gasteiger partial charge is 0.337 e. The van der Waals surface area contributed by atoms with E-state index in [-0.39, 0.29) is 17.4 Å². The van der Waals surface area contributed by atoms with Crippen LogP contribution in [0.15, 0.2) is 78.0 Å². The van der Waals surface area contributed by atoms with Crippen molar-refractivity contribution < 1.29 is 23.9 Å². The molecule has 0 fully saturated rings. The average Bonchev–Trinajstić information content (AvgIpc) is 3.39. The minimum atomic E-state index is -0.446. The maximum Gasteiger partial charge on any atom is 0.337 e. The lowest BCUT2D eigenvalue weighted by Gasteiger charge is -2.12. The van der Waals surface area contributed by atoms with Crippen LogP contribution in [0.5, 0.6) is 5.75 Å². The van der Waals surface area contributed by atoms with E-state index in [2.05, 4.69) is 22.4 Å². The number of anilines is 1. The molecule has 200 valence electrons. The lowest BCUT2D eigenvalue weighted by atomic mass is 10.1. The molecule has 0 aliphatic carbocycles. The molecule has 9 nitrogen and oxygen atoms in total. The highest BCUT2D eigenvalue weighted by atomic mass is 32.2. The Hall–Kier alpha value is -4.44. The third-order valence-corrected chi connectivity index (χ3v) is 6.60. The van der Waals surface area contributed by atoms with Crippen molar-refractivity contribution in [2.75, 3.05) is 24.8 Å². The molecule has 0 radical (unpaired) electrons. The van der Waals surface area contributed by atoms with Gasteiger partial charge in [-0.2, -0.15) is 0 Å². The second-order valence-corrected chi connectivity index (χ2v) is 9.47. The number of nitrogens with one attached hydrogen (secondary N) is 1. The van der Waals surface area contributed by atoms with E-state index < -0.39 is 5.97 Å². The fourth-order valence-corrected chi connectivity index (χ4v) is 4.44. The summed E-state index contributed by atoms with van der Waals surface area (Å²) in [5.74, 6) is 0.715. The maximum absolute atomic E-state index is 12.7. The number of aromatic nitrogens is 3. The first-order valence-electron chi connectivity index (χ1n) is 12.3. The Bertz CT molecular complexity index is 1450. The van der Waals surface area contributed by atoms with E-state index in [1.807, 2.05) is 41.0 Å². The maximum atomic E-state index is 12.7. The van der Waals surface area contributed by atoms with Gasteiger partial charge in [0.1, 0.15) is 5.75 Å². The topological polar surface area (TPSA) is 112 Å². The summed E-state index contributed by atoms with van der Waals surface area (Å²) in [6.07, 6.45) is 0.916. The van der Waals surface area contributed by atoms with Crippen LogP contribution in [0.25, 0.3) is 17.1 Å². The molecule has 3 aromatic carbocycles. The second-order valence-electron chi connectivity index (χ2n) is 8.52. The predicted molar refractivity (Wildman–Crippen MR) is 150 cm³/mol. The van der Waals surface area contributed by atoms with Gasteiger partial charge in [-0.25, -0.2) is 4.79 Å². The van der Waals surface area contributed by atoms with Crippen LogP contribution in [-0.2, 0) is 9.53 Å². The Kier molecular flexibility index (Phi) is 9.11. The average molecular weight is 545 g/mol. The van der Waals surface area contributed by atoms with Crippen LogP contribution in [0.1, 0.15) is 41.0 Å². The van der Waals surface area contributed by atoms with E-state index in [9.17, 15) is 14.4 Å². The number of hydrogen-bond acceptors (Lipinski definition) is 8. The molecule has 10 heteroatoms. The highest BCUT2D eigenvalue weighted by Crippen LogP contribution is 2.29. The number of carbonyl (C=O) groups excluding carboxylic acids is 3. The van der Waals surface area contributed by atoms with Crippen LogP contribution >= 0.6 is 11.8 Å². The summed E-state index contributed by atoms with van der Waals surface area (Å²) in [5.41, 5.74) is 3.13. The van der Waals surface area contributed by atoms with Gasteiger partial charge in [0.15, 0.2) is 16.8 Å². The third-order valence-electron chi connectivity index (χ3n) is 5.67. The SMILES string of the molecule is CCCOc1ccc(-c2nnc(SCC(=O)Nc3ccc(C(=O)OC)cc3)n2-c2ccc(C(C)=O)cc2)cc1. The van der Waals surface area contributed by atoms with Crippen LogP contribution in [0, 0.1) is 0 Å². The van der Waals surface area contributed by atoms with Gasteiger partial charge in [-0.15, -0.1) is 10.2 Å². The Balaban J connectivity index is 1.55. The van der Waals surface area contributed by atoms with Gasteiger partial charge < -0.3 is 14.8 Å². The zero-order valence-corrected chi connectivity index (χ0v) is 22.7. The number of benzene rings is 3. The third kappa shape index (κ3) is 6.91. The molecular formula is C29H28N4O5S. The number of ether oxygens (including phenoxy) is 2. The fourth-order valence-electron chi connectivity index (χ4n) is 3.68. The van der Waals surface area contributed by atoms with Crippen molar-refractivity contribution in [1.29, 1.82) is 0 Å². The lowest BCUT2D eigenvalue weighted by Crippen LogP contribution is -2.14. The molecule has 4 rings (SSSR count). The van der Waals surface area contributed by atoms with E-state index in [1.165, 1.54) is 25.8 Å². The Morgan fingerprint density at radius 1 is 0.897 bits per heavy atom. The van der Waals surface area contributed by atoms with Crippen LogP contribution in [0.2, 0.25) is 0 Å². The molecule has 0 spiro atoms. The van der Waals surface area contributed by atoms with Gasteiger partial charge >= 0.3 is 5.97 Å². The number of esters is 1. The zero-order chi connectivity index (χ0) is 27.8. The monoisotopic (exact) mass is 544 g/mol. The summed E-state index contributed by atoms with van der Waals surface area (Å²) in [7, 11) is 1.31. The zero-order valence-electron chi connectivity index (χ0n) is 21.8. The van der Waals surface area contributed by atoms with Crippen molar-refractivity contribution in [2.45, 2.75) is 25.4 Å². The molecular weight excluding hydrogens is 516 g/mol. The highest BCUT2D eigenvalue weighted by Gasteiger charge is 2.18. The van der Waals surface area contributed by atoms with Gasteiger partial charge in [0.25, 0.3) is 0 Å². The molecule has 1 amide bonds. The van der Waals surface area contributed by atoms with E-state index >= 15 is 0 Å². The number of ketones is 1. The predicted octanol–water partition coefficient (Wildman–Crippen LogP) is 5.44. The number of Topliss-reactive ketones (excluding diaryl/α,β-unsaturated/α-hetero) is 1. The summed E-state index contributed by atoms with van der Waals surface area (Å²) >= 11 is 1.23. The van der Waals surface area contributed by atoms with E-state index in [4.69, 9.17) is 9.47 Å². The Labute approximate surface area is 230 Å². The quantitative estimate of drug-likeness (QED) is 0.151. The number of hydrogen-bond donors (Lipinski definition) is 1. The second kappa shape index (κ2) is 12.9. The van der Waals surface area contributed by atoms with Gasteiger partial charge in [-0.05, 0) is 86.1 Å². The van der Waals surface area contributed by atoms with Crippen LogP contribution in [0.3, 0.4) is 0 Å². The molecule has 1 heterocycles. The van der Waals surface area contributed by atoms with Crippen molar-refractivity contribution in [2.24, 2.45) is 0 Å². The van der Waals surface area contributed by atoms with Crippen LogP contribution in [0.4, 0.5) is 5.69 Å². The van der Waals surface area contributed by atoms with Gasteiger partial charge in [-0.1, -0.05) is 18.7 Å². The Morgan fingerprint density at radius 2 is 1.56 bits per heavy atom. The number of methoxy groups -OCH3 is 1. The first-order chi connectivity index (χ1) is 18.9. The van der Waals surface area contributed by atoms with E-state index in [1.54, 1.807) is 36.4 Å². The molecule has 39 heavy (non-hydrogen) atoms. The molecule has 0 saturated carbocycles. The fraction of sp³-hybridized carbons (Fsp3) is 0.207. The summed E-state index contributed by atoms with van der Waals surface area (Å²) in [6, 6.07) is 21.2. The van der Waals surface area contributed by atoms with Crippen molar-refractivity contribution in [3.05, 3.63) is 83.9 Å². The molecule has 0 aliphatic heterocycles. The number of amides is 1. The number of rotatable bonds is 11. The molecule has 0 aliphatic rings. The largest absolute Gasteiger partial charge is 0.494 e. The van der Waals surface area contributed by atoms with Crippen molar-refractivity contribution >= 4 is 35.1 Å². The van der Waals surface area contributed by atoms with Crippen molar-refractivity contribution in [1.82, 2.24) is 14.8 Å². The minimum Gasteiger partial charge on any atom is -0.494 e. The Morgan fingerprint density at radius 3 is 2.18 bits per heavy atom. The normalized spacial score (nSPS) is 10.6. The summed E-state index contributed by atoms with van der Waals surface area (Å²) in [6.45, 7) is 4.20. The van der Waals surface area contributed by atoms with Crippen molar-refractivity contribution in [3.63, 3.8) is 0 Å². The summed E-state index contributed by atoms with van der Waals surface area (Å²) < 4.78 is 12.2. The molecule has 0 atom stereocenters. The summed E-state index contributed by atoms with van der Waals surface area (Å²) in [4.78, 5) is 36.1. The van der Waals surface area contributed by atoms with Gasteiger partial charge in [0, 0.05) is 22.5 Å². The highest BCUT2D eigenvalue weighted by molar-refractivity contribution is 7.99.